The van der Waals surface area contributed by atoms with E-state index in [-0.39, 0.29) is 18.4 Å². The number of carbonyl (C=O) groups excluding carboxylic acids is 2. The van der Waals surface area contributed by atoms with Gasteiger partial charge in [0.1, 0.15) is 11.4 Å². The monoisotopic (exact) mass is 392 g/mol. The predicted molar refractivity (Wildman–Crippen MR) is 109 cm³/mol. The van der Waals surface area contributed by atoms with Crippen molar-refractivity contribution in [2.45, 2.75) is 6.54 Å². The third kappa shape index (κ3) is 3.61. The van der Waals surface area contributed by atoms with Crippen molar-refractivity contribution in [3.63, 3.8) is 0 Å². The topological polar surface area (TPSA) is 66.0 Å². The van der Waals surface area contributed by atoms with E-state index in [1.54, 1.807) is 19.5 Å². The Balaban J connectivity index is 1.77. The molecule has 2 aliphatic rings. The third-order valence-corrected chi connectivity index (χ3v) is 5.43. The number of likely N-dealkylation sites (N-methyl/N-ethyl adjacent to an activating group) is 1. The smallest absolute Gasteiger partial charge is 0.278 e. The Hall–Kier alpha value is -3.19. The average molecular weight is 392 g/mol. The summed E-state index contributed by atoms with van der Waals surface area (Å²) in [6.45, 7) is 3.30. The molecule has 1 fully saturated rings. The van der Waals surface area contributed by atoms with Gasteiger partial charge < -0.3 is 14.5 Å². The molecule has 1 saturated heterocycles. The van der Waals surface area contributed by atoms with E-state index in [2.05, 4.69) is 16.9 Å². The fraction of sp³-hybridized carbons (Fsp3) is 0.318. The van der Waals surface area contributed by atoms with E-state index in [0.717, 1.165) is 18.7 Å². The lowest BCUT2D eigenvalue weighted by Gasteiger charge is -2.34. The van der Waals surface area contributed by atoms with Gasteiger partial charge in [-0.15, -0.1) is 0 Å². The highest BCUT2D eigenvalue weighted by Crippen LogP contribution is 2.37. The highest BCUT2D eigenvalue weighted by Gasteiger charge is 2.42. The number of hydrogen-bond acceptors (Lipinski definition) is 6. The number of nitrogens with zero attached hydrogens (tertiary/aromatic N) is 4. The van der Waals surface area contributed by atoms with Crippen LogP contribution in [0.2, 0.25) is 0 Å². The van der Waals surface area contributed by atoms with Crippen molar-refractivity contribution in [2.24, 2.45) is 0 Å². The Bertz CT molecular complexity index is 950. The quantitative estimate of drug-likeness (QED) is 0.721. The van der Waals surface area contributed by atoms with E-state index in [0.29, 0.717) is 35.7 Å². The molecular formula is C22H24N4O3. The van der Waals surface area contributed by atoms with Gasteiger partial charge in [0, 0.05) is 44.1 Å². The van der Waals surface area contributed by atoms with Crippen molar-refractivity contribution in [3.8, 4) is 5.75 Å². The first-order valence-electron chi connectivity index (χ1n) is 9.66. The second-order valence-corrected chi connectivity index (χ2v) is 7.27. The SMILES string of the molecule is COc1ccccc1C1=C(N2CCN(C)CC2)C(=O)N(Cc2ccncc2)C1=O. The molecule has 0 aliphatic carbocycles. The molecule has 1 aromatic carbocycles. The van der Waals surface area contributed by atoms with Gasteiger partial charge >= 0.3 is 0 Å². The van der Waals surface area contributed by atoms with Crippen molar-refractivity contribution >= 4 is 17.4 Å². The summed E-state index contributed by atoms with van der Waals surface area (Å²) in [4.78, 5) is 36.5. The van der Waals surface area contributed by atoms with Crippen molar-refractivity contribution in [1.29, 1.82) is 0 Å². The average Bonchev–Trinajstić information content (AvgIpc) is 2.99. The number of carbonyl (C=O) groups is 2. The molecule has 0 spiro atoms. The van der Waals surface area contributed by atoms with Gasteiger partial charge in [0.2, 0.25) is 0 Å². The molecule has 1 aromatic heterocycles. The summed E-state index contributed by atoms with van der Waals surface area (Å²) in [5, 5.41) is 0. The molecule has 0 saturated carbocycles. The molecule has 2 amide bonds. The molecule has 7 nitrogen and oxygen atoms in total. The van der Waals surface area contributed by atoms with Crippen molar-refractivity contribution < 1.29 is 14.3 Å². The van der Waals surface area contributed by atoms with E-state index in [1.165, 1.54) is 4.90 Å². The molecule has 0 atom stereocenters. The molecular weight excluding hydrogens is 368 g/mol. The lowest BCUT2D eigenvalue weighted by Crippen LogP contribution is -2.46. The Kier molecular flexibility index (Phi) is 5.31. The van der Waals surface area contributed by atoms with Crippen LogP contribution in [0.25, 0.3) is 5.57 Å². The van der Waals surface area contributed by atoms with Crippen LogP contribution < -0.4 is 4.74 Å². The highest BCUT2D eigenvalue weighted by molar-refractivity contribution is 6.35. The maximum absolute atomic E-state index is 13.4. The molecule has 4 rings (SSSR count). The molecule has 2 aliphatic heterocycles. The first-order chi connectivity index (χ1) is 14.1. The first-order valence-corrected chi connectivity index (χ1v) is 9.66. The van der Waals surface area contributed by atoms with Gasteiger partial charge in [-0.1, -0.05) is 18.2 Å². The fourth-order valence-electron chi connectivity index (χ4n) is 3.79. The zero-order chi connectivity index (χ0) is 20.4. The van der Waals surface area contributed by atoms with Gasteiger partial charge in [-0.05, 0) is 30.8 Å². The van der Waals surface area contributed by atoms with Crippen LogP contribution in [0.15, 0.2) is 54.5 Å². The lowest BCUT2D eigenvalue weighted by atomic mass is 10.0. The fourth-order valence-corrected chi connectivity index (χ4v) is 3.79. The Morgan fingerprint density at radius 2 is 1.66 bits per heavy atom. The highest BCUT2D eigenvalue weighted by atomic mass is 16.5. The first kappa shape index (κ1) is 19.1. The number of imide groups is 1. The summed E-state index contributed by atoms with van der Waals surface area (Å²) in [5.74, 6) is 0.0450. The minimum atomic E-state index is -0.287. The molecule has 3 heterocycles. The van der Waals surface area contributed by atoms with E-state index in [1.807, 2.05) is 41.3 Å². The van der Waals surface area contributed by atoms with E-state index in [4.69, 9.17) is 4.74 Å². The van der Waals surface area contributed by atoms with E-state index < -0.39 is 0 Å². The number of hydrogen-bond donors (Lipinski definition) is 0. The van der Waals surface area contributed by atoms with Gasteiger partial charge in [0.15, 0.2) is 0 Å². The van der Waals surface area contributed by atoms with Crippen LogP contribution >= 0.6 is 0 Å². The maximum atomic E-state index is 13.4. The molecule has 29 heavy (non-hydrogen) atoms. The normalized spacial score (nSPS) is 18.0. The van der Waals surface area contributed by atoms with Crippen molar-refractivity contribution in [3.05, 3.63) is 65.6 Å². The summed E-state index contributed by atoms with van der Waals surface area (Å²) in [6, 6.07) is 11.0. The van der Waals surface area contributed by atoms with E-state index >= 15 is 0 Å². The largest absolute Gasteiger partial charge is 0.496 e. The van der Waals surface area contributed by atoms with Gasteiger partial charge in [-0.3, -0.25) is 19.5 Å². The predicted octanol–water partition coefficient (Wildman–Crippen LogP) is 1.62. The molecule has 0 radical (unpaired) electrons. The molecule has 0 N–H and O–H groups in total. The number of para-hydroxylation sites is 1. The Morgan fingerprint density at radius 3 is 2.34 bits per heavy atom. The molecule has 0 unspecified atom stereocenters. The van der Waals surface area contributed by atoms with Gasteiger partial charge in [-0.25, -0.2) is 0 Å². The number of aromatic nitrogens is 1. The number of pyridine rings is 1. The van der Waals surface area contributed by atoms with Gasteiger partial charge in [0.05, 0.1) is 19.2 Å². The van der Waals surface area contributed by atoms with Gasteiger partial charge in [0.25, 0.3) is 11.8 Å². The summed E-state index contributed by atoms with van der Waals surface area (Å²) in [7, 11) is 3.63. The molecule has 7 heteroatoms. The number of amides is 2. The molecule has 0 bridgehead atoms. The number of piperazine rings is 1. The maximum Gasteiger partial charge on any atom is 0.278 e. The number of rotatable bonds is 5. The summed E-state index contributed by atoms with van der Waals surface area (Å²) >= 11 is 0. The Labute approximate surface area is 170 Å². The number of methoxy groups -OCH3 is 1. The summed E-state index contributed by atoms with van der Waals surface area (Å²) in [6.07, 6.45) is 3.33. The standard InChI is InChI=1S/C22H24N4O3/c1-24-11-13-25(14-12-24)20-19(17-5-3-4-6-18(17)29-2)21(27)26(22(20)28)15-16-7-9-23-10-8-16/h3-10H,11-15H2,1-2H3. The van der Waals surface area contributed by atoms with Crippen LogP contribution in [0, 0.1) is 0 Å². The summed E-state index contributed by atoms with van der Waals surface area (Å²) < 4.78 is 5.50. The van der Waals surface area contributed by atoms with Crippen LogP contribution in [0.4, 0.5) is 0 Å². The van der Waals surface area contributed by atoms with Crippen LogP contribution in [0.1, 0.15) is 11.1 Å². The minimum Gasteiger partial charge on any atom is -0.496 e. The van der Waals surface area contributed by atoms with Crippen LogP contribution in [-0.2, 0) is 16.1 Å². The zero-order valence-corrected chi connectivity index (χ0v) is 16.7. The second-order valence-electron chi connectivity index (χ2n) is 7.27. The second kappa shape index (κ2) is 8.05. The molecule has 150 valence electrons. The van der Waals surface area contributed by atoms with Gasteiger partial charge in [-0.2, -0.15) is 0 Å². The van der Waals surface area contributed by atoms with Crippen LogP contribution in [0.3, 0.4) is 0 Å². The van der Waals surface area contributed by atoms with Crippen LogP contribution in [-0.4, -0.2) is 71.8 Å². The Morgan fingerprint density at radius 1 is 0.966 bits per heavy atom. The molecule has 2 aromatic rings. The summed E-state index contributed by atoms with van der Waals surface area (Å²) in [5.41, 5.74) is 2.41. The van der Waals surface area contributed by atoms with Crippen molar-refractivity contribution in [1.82, 2.24) is 19.7 Å². The number of benzene rings is 1. The zero-order valence-electron chi connectivity index (χ0n) is 16.7. The number of ether oxygens (including phenoxy) is 1. The van der Waals surface area contributed by atoms with Crippen LogP contribution in [0.5, 0.6) is 5.75 Å². The third-order valence-electron chi connectivity index (χ3n) is 5.43. The minimum absolute atomic E-state index is 0.218. The van der Waals surface area contributed by atoms with E-state index in [9.17, 15) is 9.59 Å². The van der Waals surface area contributed by atoms with Crippen molar-refractivity contribution in [2.75, 3.05) is 40.3 Å². The lowest BCUT2D eigenvalue weighted by molar-refractivity contribution is -0.138.